The van der Waals surface area contributed by atoms with Gasteiger partial charge in [-0.05, 0) is 45.8 Å². The molecule has 4 rings (SSSR count). The molecule has 0 saturated carbocycles. The molecule has 4 heterocycles. The van der Waals surface area contributed by atoms with E-state index >= 15 is 0 Å². The Labute approximate surface area is 245 Å². The van der Waals surface area contributed by atoms with E-state index in [1.807, 2.05) is 17.3 Å². The van der Waals surface area contributed by atoms with E-state index in [1.165, 1.54) is 45.3 Å². The van der Waals surface area contributed by atoms with Gasteiger partial charge in [-0.15, -0.1) is 45.3 Å². The molecule has 4 aromatic rings. The van der Waals surface area contributed by atoms with Gasteiger partial charge in [0.15, 0.2) is 0 Å². The van der Waals surface area contributed by atoms with Gasteiger partial charge in [-0.25, -0.2) is 0 Å². The normalized spacial score (nSPS) is 8.40. The van der Waals surface area contributed by atoms with Crippen molar-refractivity contribution in [3.63, 3.8) is 0 Å². The number of carbonyl (C=O) groups is 4. The van der Waals surface area contributed by atoms with Crippen molar-refractivity contribution in [1.82, 2.24) is 0 Å². The molecular weight excluding hydrogens is 726 g/mol. The number of halogens is 1. The second-order valence-electron chi connectivity index (χ2n) is 5.23. The summed E-state index contributed by atoms with van der Waals surface area (Å²) in [7, 11) is 4.57. The van der Waals surface area contributed by atoms with Crippen molar-refractivity contribution in [2.45, 2.75) is 0 Å². The van der Waals surface area contributed by atoms with E-state index in [0.717, 1.165) is 0 Å². The maximum absolute atomic E-state index is 10.2. The van der Waals surface area contributed by atoms with Crippen LogP contribution in [0.4, 0.5) is 0 Å². The van der Waals surface area contributed by atoms with Crippen LogP contribution in [0.2, 0.25) is 0 Å². The Hall–Kier alpha value is -1.78. The third-order valence-corrected chi connectivity index (χ3v) is 6.45. The van der Waals surface area contributed by atoms with Gasteiger partial charge < -0.3 is 42.1 Å². The SMILES string of the molecule is [Cl][Ru+].[NH-]C(=O)c1cccs1.[NH-]C(=O)c1cccs1.[NH-]C(=O)c1cccs1.[NH-]C(=O)c1cccs1.[Ru+3]. The van der Waals surface area contributed by atoms with Crippen LogP contribution < -0.4 is 0 Å². The molecule has 8 nitrogen and oxygen atoms in total. The second kappa shape index (κ2) is 21.5. The summed E-state index contributed by atoms with van der Waals surface area (Å²) >= 11 is 7.00. The van der Waals surface area contributed by atoms with Crippen LogP contribution in [-0.4, -0.2) is 23.6 Å². The minimum atomic E-state index is -0.597. The topological polar surface area (TPSA) is 163 Å². The number of amides is 4. The molecule has 0 unspecified atom stereocenters. The molecule has 1 radical (unpaired) electrons. The fourth-order valence-corrected chi connectivity index (χ4v) is 3.90. The third-order valence-electron chi connectivity index (χ3n) is 2.98. The Balaban J connectivity index is 0. The number of thiophene rings is 4. The maximum atomic E-state index is 10.2. The van der Waals surface area contributed by atoms with Crippen molar-refractivity contribution >= 4 is 78.7 Å². The molecule has 4 aromatic heterocycles. The molecule has 0 fully saturated rings. The first-order valence-electron chi connectivity index (χ1n) is 8.53. The smallest absolute Gasteiger partial charge is 0.663 e. The Kier molecular flexibility index (Phi) is 21.7. The molecule has 0 atom stereocenters. The van der Waals surface area contributed by atoms with E-state index in [1.54, 1.807) is 70.1 Å². The predicted molar refractivity (Wildman–Crippen MR) is 138 cm³/mol. The van der Waals surface area contributed by atoms with Gasteiger partial charge in [0.05, 0.1) is 43.1 Å². The molecule has 35 heavy (non-hydrogen) atoms. The average Bonchev–Trinajstić information content (AvgIpc) is 3.65. The van der Waals surface area contributed by atoms with Crippen molar-refractivity contribution in [2.24, 2.45) is 0 Å². The van der Waals surface area contributed by atoms with Crippen LogP contribution in [0.25, 0.3) is 22.9 Å². The monoisotopic (exact) mass is 743 g/mol. The molecule has 0 bridgehead atoms. The Morgan fingerprint density at radius 1 is 0.514 bits per heavy atom. The van der Waals surface area contributed by atoms with E-state index in [2.05, 4.69) is 9.69 Å². The van der Waals surface area contributed by atoms with Gasteiger partial charge in [-0.2, -0.15) is 0 Å². The number of hydrogen-bond acceptors (Lipinski definition) is 8. The van der Waals surface area contributed by atoms with E-state index in [9.17, 15) is 19.2 Å². The number of rotatable bonds is 4. The van der Waals surface area contributed by atoms with Crippen LogP contribution in [-0.2, 0) is 36.8 Å². The molecule has 0 aliphatic heterocycles. The van der Waals surface area contributed by atoms with Crippen LogP contribution in [0.15, 0.2) is 70.1 Å². The summed E-state index contributed by atoms with van der Waals surface area (Å²) < 4.78 is 0. The predicted octanol–water partition coefficient (Wildman–Crippen LogP) is 8.45. The molecular formula is C20H16ClN4O4Ru2S4. The zero-order valence-electron chi connectivity index (χ0n) is 17.3. The summed E-state index contributed by atoms with van der Waals surface area (Å²) in [5.41, 5.74) is 26.4. The summed E-state index contributed by atoms with van der Waals surface area (Å²) in [6, 6.07) is 13.6. The number of hydrogen-bond donors (Lipinski definition) is 0. The molecule has 4 N–H and O–H groups in total. The summed E-state index contributed by atoms with van der Waals surface area (Å²) in [6.07, 6.45) is 0. The van der Waals surface area contributed by atoms with Gasteiger partial charge in [0.2, 0.25) is 0 Å². The summed E-state index contributed by atoms with van der Waals surface area (Å²) in [5, 5.41) is 7.12. The van der Waals surface area contributed by atoms with Crippen molar-refractivity contribution < 1.29 is 56.0 Å². The zero-order valence-corrected chi connectivity index (χ0v) is 24.8. The van der Waals surface area contributed by atoms with Crippen LogP contribution >= 0.6 is 55.0 Å². The van der Waals surface area contributed by atoms with E-state index < -0.39 is 23.6 Å². The van der Waals surface area contributed by atoms with Crippen LogP contribution in [0.3, 0.4) is 0 Å². The summed E-state index contributed by atoms with van der Waals surface area (Å²) in [4.78, 5) is 42.8. The molecule has 0 saturated heterocycles. The standard InChI is InChI=1S/4C5H5NOS.ClH.2Ru/c4*6-5(7)4-2-1-3-8-4;;;/h4*1-3H,(H2,6,7);1H;;/q;;;;;+2;+3/p-5. The van der Waals surface area contributed by atoms with Gasteiger partial charge in [0.25, 0.3) is 0 Å². The van der Waals surface area contributed by atoms with Gasteiger partial charge in [-0.3, -0.25) is 0 Å². The molecule has 0 spiro atoms. The quantitative estimate of drug-likeness (QED) is 0.192. The largest absolute Gasteiger partial charge is 3.00 e. The van der Waals surface area contributed by atoms with Gasteiger partial charge in [0.1, 0.15) is 0 Å². The van der Waals surface area contributed by atoms with Crippen LogP contribution in [0.1, 0.15) is 38.7 Å². The minimum Gasteiger partial charge on any atom is -0.663 e. The molecule has 187 valence electrons. The fourth-order valence-electron chi connectivity index (χ4n) is 1.63. The van der Waals surface area contributed by atoms with Gasteiger partial charge in [0, 0.05) is 0 Å². The third kappa shape index (κ3) is 16.5. The van der Waals surface area contributed by atoms with Crippen molar-refractivity contribution in [2.75, 3.05) is 0 Å². The Morgan fingerprint density at radius 3 is 0.743 bits per heavy atom. The maximum Gasteiger partial charge on any atom is 3.00 e. The number of nitrogens with one attached hydrogen (secondary N) is 4. The Morgan fingerprint density at radius 2 is 0.686 bits per heavy atom. The fraction of sp³-hybridized carbons (Fsp3) is 0. The first-order chi connectivity index (χ1) is 16.2. The van der Waals surface area contributed by atoms with Gasteiger partial charge >= 0.3 is 46.5 Å². The zero-order chi connectivity index (χ0) is 25.9. The first-order valence-corrected chi connectivity index (χ1v) is 14.3. The van der Waals surface area contributed by atoms with Crippen LogP contribution in [0.5, 0.6) is 0 Å². The summed E-state index contributed by atoms with van der Waals surface area (Å²) in [5.74, 6) is -2.39. The molecule has 0 aliphatic rings. The molecule has 0 aromatic carbocycles. The van der Waals surface area contributed by atoms with E-state index in [4.69, 9.17) is 22.9 Å². The molecule has 0 aliphatic carbocycles. The van der Waals surface area contributed by atoms with Crippen molar-refractivity contribution in [1.29, 1.82) is 0 Å². The minimum absolute atomic E-state index is 0. The molecule has 15 heteroatoms. The van der Waals surface area contributed by atoms with Gasteiger partial charge in [-0.1, -0.05) is 24.3 Å². The second-order valence-corrected chi connectivity index (χ2v) is 9.02. The van der Waals surface area contributed by atoms with Crippen molar-refractivity contribution in [3.05, 3.63) is 112 Å². The summed E-state index contributed by atoms with van der Waals surface area (Å²) in [6.45, 7) is 0. The first kappa shape index (κ1) is 35.4. The van der Waals surface area contributed by atoms with Crippen LogP contribution in [0, 0.1) is 0 Å². The van der Waals surface area contributed by atoms with E-state index in [-0.39, 0.29) is 19.5 Å². The average molecular weight is 742 g/mol. The molecule has 4 amide bonds. The van der Waals surface area contributed by atoms with Crippen molar-refractivity contribution in [3.8, 4) is 0 Å². The Bertz CT molecular complexity index is 916. The van der Waals surface area contributed by atoms with E-state index in [0.29, 0.717) is 19.5 Å². The number of carbonyl (C=O) groups excluding carboxylic acids is 4.